The maximum Gasteiger partial charge on any atom is 0.441 e. The molecule has 0 saturated heterocycles. The molecule has 18 heavy (non-hydrogen) atoms. The number of hydrogen-bond acceptors (Lipinski definition) is 4. The Labute approximate surface area is 108 Å². The second kappa shape index (κ2) is 6.98. The molecule has 0 aromatic carbocycles. The molecule has 0 saturated carbocycles. The van der Waals surface area contributed by atoms with E-state index in [2.05, 4.69) is 29.2 Å². The zero-order valence-electron chi connectivity index (χ0n) is 10.4. The molecule has 0 aliphatic carbocycles. The van der Waals surface area contributed by atoms with Crippen molar-refractivity contribution >= 4 is 11.8 Å². The molecule has 0 amide bonds. The lowest BCUT2D eigenvalue weighted by Crippen LogP contribution is -2.19. The van der Waals surface area contributed by atoms with Crippen LogP contribution in [0.4, 0.5) is 13.2 Å². The first-order chi connectivity index (χ1) is 8.37. The molecule has 0 aliphatic heterocycles. The Morgan fingerprint density at radius 1 is 1.44 bits per heavy atom. The minimum Gasteiger partial charge on any atom is -0.310 e. The van der Waals surface area contributed by atoms with Gasteiger partial charge in [-0.1, -0.05) is 13.8 Å². The molecule has 4 nitrogen and oxygen atoms in total. The summed E-state index contributed by atoms with van der Waals surface area (Å²) in [4.78, 5) is 4.03. The highest BCUT2D eigenvalue weighted by molar-refractivity contribution is 8.00. The summed E-state index contributed by atoms with van der Waals surface area (Å²) in [5.74, 6) is 1.09. The van der Waals surface area contributed by atoms with Crippen molar-refractivity contribution in [3.05, 3.63) is 12.2 Å². The van der Waals surface area contributed by atoms with E-state index >= 15 is 0 Å². The number of nitrogens with one attached hydrogen (secondary N) is 1. The second-order valence-electron chi connectivity index (χ2n) is 4.24. The predicted molar refractivity (Wildman–Crippen MR) is 65.1 cm³/mol. The molecule has 1 aromatic rings. The van der Waals surface area contributed by atoms with Crippen LogP contribution in [0.25, 0.3) is 0 Å². The Morgan fingerprint density at radius 2 is 2.17 bits per heavy atom. The SMILES string of the molecule is CC(C)CNCc1ncn(CCSC(F)(F)F)n1. The minimum atomic E-state index is -4.18. The molecule has 0 fully saturated rings. The molecule has 0 aliphatic rings. The zero-order chi connectivity index (χ0) is 13.6. The molecule has 0 spiro atoms. The van der Waals surface area contributed by atoms with Gasteiger partial charge in [-0.2, -0.15) is 18.3 Å². The minimum absolute atomic E-state index is 0.0448. The van der Waals surface area contributed by atoms with Gasteiger partial charge in [0.25, 0.3) is 0 Å². The summed E-state index contributed by atoms with van der Waals surface area (Å²) in [5.41, 5.74) is -4.18. The normalized spacial score (nSPS) is 12.3. The summed E-state index contributed by atoms with van der Waals surface area (Å²) in [6.07, 6.45) is 1.46. The van der Waals surface area contributed by atoms with Crippen LogP contribution in [-0.2, 0) is 13.1 Å². The summed E-state index contributed by atoms with van der Waals surface area (Å²) in [7, 11) is 0. The van der Waals surface area contributed by atoms with E-state index in [1.807, 2.05) is 0 Å². The lowest BCUT2D eigenvalue weighted by molar-refractivity contribution is -0.0328. The third kappa shape index (κ3) is 6.85. The highest BCUT2D eigenvalue weighted by Crippen LogP contribution is 2.29. The predicted octanol–water partition coefficient (Wildman–Crippen LogP) is 2.28. The number of aryl methyl sites for hydroxylation is 1. The summed E-state index contributed by atoms with van der Waals surface area (Å²) in [5, 5.41) is 7.26. The Hall–Kier alpha value is -0.760. The molecule has 104 valence electrons. The maximum atomic E-state index is 11.9. The fourth-order valence-electron chi connectivity index (χ4n) is 1.25. The van der Waals surface area contributed by atoms with Crippen LogP contribution in [-0.4, -0.2) is 32.6 Å². The number of aromatic nitrogens is 3. The van der Waals surface area contributed by atoms with E-state index in [9.17, 15) is 13.2 Å². The van der Waals surface area contributed by atoms with Gasteiger partial charge in [-0.25, -0.2) is 4.98 Å². The van der Waals surface area contributed by atoms with Crippen LogP contribution in [0, 0.1) is 5.92 Å². The molecule has 1 heterocycles. The summed E-state index contributed by atoms with van der Waals surface area (Å²) in [6, 6.07) is 0. The van der Waals surface area contributed by atoms with Crippen LogP contribution >= 0.6 is 11.8 Å². The quantitative estimate of drug-likeness (QED) is 0.833. The van der Waals surface area contributed by atoms with Crippen LogP contribution < -0.4 is 5.32 Å². The Bertz CT molecular complexity index is 351. The van der Waals surface area contributed by atoms with Gasteiger partial charge >= 0.3 is 5.51 Å². The van der Waals surface area contributed by atoms with Gasteiger partial charge in [0.15, 0.2) is 5.82 Å². The highest BCUT2D eigenvalue weighted by Gasteiger charge is 2.27. The van der Waals surface area contributed by atoms with Crippen molar-refractivity contribution in [2.45, 2.75) is 32.4 Å². The van der Waals surface area contributed by atoms with Crippen molar-refractivity contribution < 1.29 is 13.2 Å². The molecule has 1 N–H and O–H groups in total. The van der Waals surface area contributed by atoms with Crippen LogP contribution in [0.3, 0.4) is 0 Å². The molecular formula is C10H17F3N4S. The molecular weight excluding hydrogens is 265 g/mol. The third-order valence-electron chi connectivity index (χ3n) is 2.01. The molecule has 0 atom stereocenters. The van der Waals surface area contributed by atoms with E-state index in [1.54, 1.807) is 0 Å². The smallest absolute Gasteiger partial charge is 0.310 e. The molecule has 0 radical (unpaired) electrons. The second-order valence-corrected chi connectivity index (χ2v) is 5.40. The van der Waals surface area contributed by atoms with Crippen LogP contribution in [0.5, 0.6) is 0 Å². The Kier molecular flexibility index (Phi) is 5.94. The van der Waals surface area contributed by atoms with Crippen molar-refractivity contribution in [1.29, 1.82) is 0 Å². The molecule has 0 unspecified atom stereocenters. The third-order valence-corrected chi connectivity index (χ3v) is 2.72. The van der Waals surface area contributed by atoms with E-state index in [-0.39, 0.29) is 24.1 Å². The van der Waals surface area contributed by atoms with Crippen LogP contribution in [0.15, 0.2) is 6.33 Å². The fraction of sp³-hybridized carbons (Fsp3) is 0.800. The summed E-state index contributed by atoms with van der Waals surface area (Å²) >= 11 is -0.0448. The molecule has 8 heteroatoms. The van der Waals surface area contributed by atoms with Crippen molar-refractivity contribution in [2.24, 2.45) is 5.92 Å². The van der Waals surface area contributed by atoms with Gasteiger partial charge in [0, 0.05) is 5.75 Å². The fourth-order valence-corrected chi connectivity index (χ4v) is 1.76. The van der Waals surface area contributed by atoms with E-state index in [0.29, 0.717) is 18.3 Å². The average molecular weight is 282 g/mol. The number of thioether (sulfide) groups is 1. The molecule has 1 aromatic heterocycles. The van der Waals surface area contributed by atoms with Crippen LogP contribution in [0.1, 0.15) is 19.7 Å². The topological polar surface area (TPSA) is 42.7 Å². The average Bonchev–Trinajstić information content (AvgIpc) is 2.63. The van der Waals surface area contributed by atoms with Gasteiger partial charge < -0.3 is 5.32 Å². The monoisotopic (exact) mass is 282 g/mol. The van der Waals surface area contributed by atoms with E-state index in [0.717, 1.165) is 6.54 Å². The lowest BCUT2D eigenvalue weighted by Gasteiger charge is -2.05. The van der Waals surface area contributed by atoms with Gasteiger partial charge in [-0.05, 0) is 24.2 Å². The standard InChI is InChI=1S/C10H17F3N4S/c1-8(2)5-14-6-9-15-7-17(16-9)3-4-18-10(11,12)13/h7-8,14H,3-6H2,1-2H3. The van der Waals surface area contributed by atoms with Gasteiger partial charge in [0.05, 0.1) is 13.1 Å². The number of rotatable bonds is 7. The van der Waals surface area contributed by atoms with Gasteiger partial charge in [0.1, 0.15) is 6.33 Å². The van der Waals surface area contributed by atoms with E-state index in [1.165, 1.54) is 11.0 Å². The molecule has 0 bridgehead atoms. The first-order valence-electron chi connectivity index (χ1n) is 5.66. The van der Waals surface area contributed by atoms with Crippen molar-refractivity contribution in [2.75, 3.05) is 12.3 Å². The van der Waals surface area contributed by atoms with E-state index < -0.39 is 5.51 Å². The first-order valence-corrected chi connectivity index (χ1v) is 6.65. The number of halogens is 3. The summed E-state index contributed by atoms with van der Waals surface area (Å²) < 4.78 is 37.2. The largest absolute Gasteiger partial charge is 0.441 e. The number of alkyl halides is 3. The van der Waals surface area contributed by atoms with Crippen LogP contribution in [0.2, 0.25) is 0 Å². The highest BCUT2D eigenvalue weighted by atomic mass is 32.2. The Morgan fingerprint density at radius 3 is 2.78 bits per heavy atom. The number of nitrogens with zero attached hydrogens (tertiary/aromatic N) is 3. The first kappa shape index (κ1) is 15.3. The van der Waals surface area contributed by atoms with Crippen molar-refractivity contribution in [3.63, 3.8) is 0 Å². The lowest BCUT2D eigenvalue weighted by atomic mass is 10.2. The summed E-state index contributed by atoms with van der Waals surface area (Å²) in [6.45, 7) is 5.79. The molecule has 1 rings (SSSR count). The number of hydrogen-bond donors (Lipinski definition) is 1. The van der Waals surface area contributed by atoms with Gasteiger partial charge in [-0.3, -0.25) is 4.68 Å². The van der Waals surface area contributed by atoms with E-state index in [4.69, 9.17) is 0 Å². The maximum absolute atomic E-state index is 11.9. The van der Waals surface area contributed by atoms with Crippen molar-refractivity contribution in [1.82, 2.24) is 20.1 Å². The van der Waals surface area contributed by atoms with Gasteiger partial charge in [-0.15, -0.1) is 0 Å². The van der Waals surface area contributed by atoms with Gasteiger partial charge in [0.2, 0.25) is 0 Å². The Balaban J connectivity index is 2.26. The van der Waals surface area contributed by atoms with Crippen molar-refractivity contribution in [3.8, 4) is 0 Å². The zero-order valence-corrected chi connectivity index (χ0v) is 11.2.